The summed E-state index contributed by atoms with van der Waals surface area (Å²) >= 11 is 5.97. The number of hydrogen-bond donors (Lipinski definition) is 1. The summed E-state index contributed by atoms with van der Waals surface area (Å²) in [6.07, 6.45) is 1.56. The Morgan fingerprint density at radius 1 is 1.43 bits per heavy atom. The maximum atomic E-state index is 12.9. The quantitative estimate of drug-likeness (QED) is 0.933. The van der Waals surface area contributed by atoms with Crippen LogP contribution in [-0.2, 0) is 9.53 Å². The molecule has 3 atom stereocenters. The number of nitrogens with zero attached hydrogens (tertiary/aromatic N) is 1. The van der Waals surface area contributed by atoms with Crippen molar-refractivity contribution < 1.29 is 9.53 Å². The minimum atomic E-state index is -0.507. The van der Waals surface area contributed by atoms with Crippen molar-refractivity contribution in [3.8, 4) is 0 Å². The third kappa shape index (κ3) is 2.56. The van der Waals surface area contributed by atoms with Crippen LogP contribution >= 0.6 is 11.6 Å². The average Bonchev–Trinajstić information content (AvgIpc) is 3.08. The van der Waals surface area contributed by atoms with Crippen molar-refractivity contribution >= 4 is 17.5 Å². The number of hydrogen-bond acceptors (Lipinski definition) is 3. The molecule has 0 radical (unpaired) electrons. The largest absolute Gasteiger partial charge is 0.379 e. The molecule has 1 amide bonds. The molecule has 114 valence electrons. The van der Waals surface area contributed by atoms with Gasteiger partial charge in [0, 0.05) is 11.6 Å². The molecule has 1 aromatic carbocycles. The van der Waals surface area contributed by atoms with Gasteiger partial charge < -0.3 is 9.64 Å². The van der Waals surface area contributed by atoms with E-state index in [0.29, 0.717) is 11.6 Å². The smallest absolute Gasteiger partial charge is 0.244 e. The molecule has 0 saturated carbocycles. The van der Waals surface area contributed by atoms with E-state index in [0.717, 1.165) is 25.0 Å². The maximum Gasteiger partial charge on any atom is 0.244 e. The van der Waals surface area contributed by atoms with E-state index in [1.165, 1.54) is 0 Å². The molecule has 0 bridgehead atoms. The minimum absolute atomic E-state index is 0.105. The fourth-order valence-electron chi connectivity index (χ4n) is 3.10. The Hall–Kier alpha value is -1.10. The Balaban J connectivity index is 1.95. The van der Waals surface area contributed by atoms with Crippen molar-refractivity contribution in [1.82, 2.24) is 10.2 Å². The fourth-order valence-corrected chi connectivity index (χ4v) is 3.22. The van der Waals surface area contributed by atoms with Gasteiger partial charge in [-0.3, -0.25) is 10.1 Å². The number of halogens is 1. The van der Waals surface area contributed by atoms with E-state index < -0.39 is 5.54 Å². The summed E-state index contributed by atoms with van der Waals surface area (Å²) in [5.41, 5.74) is 0.559. The highest BCUT2D eigenvalue weighted by atomic mass is 35.5. The Morgan fingerprint density at radius 3 is 2.71 bits per heavy atom. The van der Waals surface area contributed by atoms with E-state index >= 15 is 0 Å². The lowest BCUT2D eigenvalue weighted by Gasteiger charge is -2.29. The lowest BCUT2D eigenvalue weighted by atomic mass is 9.99. The first-order valence-electron chi connectivity index (χ1n) is 7.49. The number of amides is 1. The molecule has 2 saturated heterocycles. The third-order valence-electron chi connectivity index (χ3n) is 4.63. The first-order chi connectivity index (χ1) is 10.0. The lowest BCUT2D eigenvalue weighted by Crippen LogP contribution is -2.45. The zero-order valence-electron chi connectivity index (χ0n) is 12.4. The Kier molecular flexibility index (Phi) is 3.95. The van der Waals surface area contributed by atoms with E-state index in [2.05, 4.69) is 5.32 Å². The molecule has 0 spiro atoms. The SMILES string of the molecule is CCC1(C)NC(c2ccc(Cl)cc2)N(C2CCOC2)C1=O. The van der Waals surface area contributed by atoms with Gasteiger partial charge in [0.25, 0.3) is 0 Å². The molecule has 2 aliphatic rings. The highest BCUT2D eigenvalue weighted by molar-refractivity contribution is 6.30. The summed E-state index contributed by atoms with van der Waals surface area (Å²) in [6.45, 7) is 5.37. The molecule has 2 fully saturated rings. The van der Waals surface area contributed by atoms with Crippen LogP contribution < -0.4 is 5.32 Å². The Morgan fingerprint density at radius 2 is 2.14 bits per heavy atom. The Labute approximate surface area is 130 Å². The van der Waals surface area contributed by atoms with Gasteiger partial charge in [-0.1, -0.05) is 30.7 Å². The van der Waals surface area contributed by atoms with Crippen molar-refractivity contribution in [2.75, 3.05) is 13.2 Å². The van der Waals surface area contributed by atoms with Crippen molar-refractivity contribution in [3.63, 3.8) is 0 Å². The highest BCUT2D eigenvalue weighted by Crippen LogP contribution is 2.36. The number of benzene rings is 1. The zero-order valence-corrected chi connectivity index (χ0v) is 13.2. The van der Waals surface area contributed by atoms with Gasteiger partial charge in [0.05, 0.1) is 18.2 Å². The second-order valence-corrected chi connectivity index (χ2v) is 6.45. The molecular weight excluding hydrogens is 288 g/mol. The predicted molar refractivity (Wildman–Crippen MR) is 82.1 cm³/mol. The first-order valence-corrected chi connectivity index (χ1v) is 7.86. The van der Waals surface area contributed by atoms with Crippen LogP contribution in [0.3, 0.4) is 0 Å². The van der Waals surface area contributed by atoms with Crippen molar-refractivity contribution in [2.24, 2.45) is 0 Å². The standard InChI is InChI=1S/C16H21ClN2O2/c1-3-16(2)15(20)19(13-8-9-21-10-13)14(18-16)11-4-6-12(17)7-5-11/h4-7,13-14,18H,3,8-10H2,1-2H3. The van der Waals surface area contributed by atoms with Gasteiger partial charge in [-0.2, -0.15) is 0 Å². The van der Waals surface area contributed by atoms with Crippen LogP contribution in [-0.4, -0.2) is 35.6 Å². The van der Waals surface area contributed by atoms with Gasteiger partial charge in [-0.25, -0.2) is 0 Å². The van der Waals surface area contributed by atoms with Crippen molar-refractivity contribution in [3.05, 3.63) is 34.9 Å². The van der Waals surface area contributed by atoms with Gasteiger partial charge in [-0.05, 0) is 37.5 Å². The number of carbonyl (C=O) groups excluding carboxylic acids is 1. The molecule has 4 nitrogen and oxygen atoms in total. The second kappa shape index (κ2) is 5.59. The second-order valence-electron chi connectivity index (χ2n) is 6.01. The molecule has 2 aliphatic heterocycles. The van der Waals surface area contributed by atoms with Crippen LogP contribution in [0.1, 0.15) is 38.4 Å². The summed E-state index contributed by atoms with van der Waals surface area (Å²) < 4.78 is 5.48. The van der Waals surface area contributed by atoms with Crippen LogP contribution in [0.4, 0.5) is 0 Å². The van der Waals surface area contributed by atoms with Crippen LogP contribution in [0, 0.1) is 0 Å². The molecule has 5 heteroatoms. The lowest BCUT2D eigenvalue weighted by molar-refractivity contribution is -0.135. The predicted octanol–water partition coefficient (Wildman–Crippen LogP) is 2.73. The molecule has 21 heavy (non-hydrogen) atoms. The van der Waals surface area contributed by atoms with E-state index in [1.54, 1.807) is 0 Å². The highest BCUT2D eigenvalue weighted by Gasteiger charge is 2.50. The van der Waals surface area contributed by atoms with Gasteiger partial charge >= 0.3 is 0 Å². The van der Waals surface area contributed by atoms with E-state index in [4.69, 9.17) is 16.3 Å². The van der Waals surface area contributed by atoms with E-state index in [-0.39, 0.29) is 18.1 Å². The summed E-state index contributed by atoms with van der Waals surface area (Å²) in [7, 11) is 0. The van der Waals surface area contributed by atoms with Crippen LogP contribution in [0.2, 0.25) is 5.02 Å². The third-order valence-corrected chi connectivity index (χ3v) is 4.88. The number of rotatable bonds is 3. The molecule has 1 aromatic rings. The zero-order chi connectivity index (χ0) is 15.0. The molecule has 3 unspecified atom stereocenters. The van der Waals surface area contributed by atoms with Crippen LogP contribution in [0.15, 0.2) is 24.3 Å². The van der Waals surface area contributed by atoms with Gasteiger partial charge in [-0.15, -0.1) is 0 Å². The van der Waals surface area contributed by atoms with Crippen molar-refractivity contribution in [2.45, 2.75) is 44.4 Å². The van der Waals surface area contributed by atoms with E-state index in [9.17, 15) is 4.79 Å². The van der Waals surface area contributed by atoms with Crippen molar-refractivity contribution in [1.29, 1.82) is 0 Å². The molecule has 2 heterocycles. The van der Waals surface area contributed by atoms with E-state index in [1.807, 2.05) is 43.0 Å². The topological polar surface area (TPSA) is 41.6 Å². The number of carbonyl (C=O) groups is 1. The average molecular weight is 309 g/mol. The molecule has 1 N–H and O–H groups in total. The molecular formula is C16H21ClN2O2. The number of ether oxygens (including phenoxy) is 1. The molecule has 0 aromatic heterocycles. The normalized spacial score (nSPS) is 32.9. The first kappa shape index (κ1) is 14.8. The van der Waals surface area contributed by atoms with Gasteiger partial charge in [0.1, 0.15) is 6.17 Å². The maximum absolute atomic E-state index is 12.9. The molecule has 3 rings (SSSR count). The monoisotopic (exact) mass is 308 g/mol. The minimum Gasteiger partial charge on any atom is -0.379 e. The summed E-state index contributed by atoms with van der Waals surface area (Å²) in [5.74, 6) is 0.167. The summed E-state index contributed by atoms with van der Waals surface area (Å²) in [4.78, 5) is 14.8. The summed E-state index contributed by atoms with van der Waals surface area (Å²) in [6, 6.07) is 7.86. The number of nitrogens with one attached hydrogen (secondary N) is 1. The van der Waals surface area contributed by atoms with Crippen LogP contribution in [0.5, 0.6) is 0 Å². The summed E-state index contributed by atoms with van der Waals surface area (Å²) in [5, 5.41) is 4.21. The van der Waals surface area contributed by atoms with Gasteiger partial charge in [0.2, 0.25) is 5.91 Å². The molecule has 0 aliphatic carbocycles. The van der Waals surface area contributed by atoms with Gasteiger partial charge in [0.15, 0.2) is 0 Å². The fraction of sp³-hybridized carbons (Fsp3) is 0.562. The van der Waals surface area contributed by atoms with Crippen LogP contribution in [0.25, 0.3) is 0 Å². The Bertz CT molecular complexity index is 528.